The minimum absolute atomic E-state index is 0.117. The van der Waals surface area contributed by atoms with E-state index in [4.69, 9.17) is 0 Å². The first-order valence-electron chi connectivity index (χ1n) is 9.89. The van der Waals surface area contributed by atoms with Crippen molar-refractivity contribution in [2.45, 2.75) is 44.9 Å². The minimum atomic E-state index is -3.60. The topological polar surface area (TPSA) is 66.5 Å². The Balaban J connectivity index is 1.77. The molecule has 7 heteroatoms. The average Bonchev–Trinajstić information content (AvgIpc) is 2.70. The van der Waals surface area contributed by atoms with Gasteiger partial charge in [-0.15, -0.1) is 0 Å². The van der Waals surface area contributed by atoms with Gasteiger partial charge in [-0.05, 0) is 68.5 Å². The van der Waals surface area contributed by atoms with Gasteiger partial charge in [-0.2, -0.15) is 4.31 Å². The van der Waals surface area contributed by atoms with Crippen molar-refractivity contribution in [3.8, 4) is 0 Å². The molecule has 1 atom stereocenters. The van der Waals surface area contributed by atoms with E-state index in [0.29, 0.717) is 19.4 Å². The van der Waals surface area contributed by atoms with Crippen molar-refractivity contribution in [1.82, 2.24) is 4.31 Å². The first kappa shape index (κ1) is 22.0. The minimum Gasteiger partial charge on any atom is -0.325 e. The van der Waals surface area contributed by atoms with E-state index in [1.165, 1.54) is 4.31 Å². The third kappa shape index (κ3) is 4.90. The van der Waals surface area contributed by atoms with Crippen molar-refractivity contribution in [2.75, 3.05) is 18.4 Å². The Morgan fingerprint density at radius 1 is 1.21 bits per heavy atom. The lowest BCUT2D eigenvalue weighted by atomic mass is 9.98. The summed E-state index contributed by atoms with van der Waals surface area (Å²) in [7, 11) is -3.60. The Hall–Kier alpha value is -1.70. The summed E-state index contributed by atoms with van der Waals surface area (Å²) >= 11 is 3.50. The summed E-state index contributed by atoms with van der Waals surface area (Å²) < 4.78 is 28.4. The molecule has 0 saturated carbocycles. The van der Waals surface area contributed by atoms with Crippen molar-refractivity contribution in [1.29, 1.82) is 0 Å². The average molecular weight is 479 g/mol. The van der Waals surface area contributed by atoms with Gasteiger partial charge in [0.15, 0.2) is 0 Å². The molecule has 1 aliphatic heterocycles. The van der Waals surface area contributed by atoms with Gasteiger partial charge in [0.05, 0.1) is 10.8 Å². The van der Waals surface area contributed by atoms with Crippen LogP contribution in [0.3, 0.4) is 0 Å². The molecular formula is C22H27BrN2O3S. The maximum Gasteiger partial charge on any atom is 0.243 e. The largest absolute Gasteiger partial charge is 0.325 e. The molecule has 3 rings (SSSR count). The van der Waals surface area contributed by atoms with E-state index in [2.05, 4.69) is 21.2 Å². The molecule has 1 unspecified atom stereocenters. The standard InChI is InChI=1S/C22H27BrN2O3S/c1-4-17-13-19(23)12-16(3)21(17)24-22(26)18-6-5-11-25(14-18)29(27,28)20-9-7-15(2)8-10-20/h7-10,12-13,18H,4-6,11,14H2,1-3H3,(H,24,26). The fourth-order valence-corrected chi connectivity index (χ4v) is 5.87. The first-order valence-corrected chi connectivity index (χ1v) is 12.1. The number of nitrogens with one attached hydrogen (secondary N) is 1. The monoisotopic (exact) mass is 478 g/mol. The number of carbonyl (C=O) groups is 1. The van der Waals surface area contributed by atoms with Crippen molar-refractivity contribution < 1.29 is 13.2 Å². The molecule has 1 saturated heterocycles. The van der Waals surface area contributed by atoms with Gasteiger partial charge >= 0.3 is 0 Å². The SMILES string of the molecule is CCc1cc(Br)cc(C)c1NC(=O)C1CCCN(S(=O)(=O)c2ccc(C)cc2)C1. The van der Waals surface area contributed by atoms with Gasteiger partial charge in [-0.1, -0.05) is 40.5 Å². The number of benzene rings is 2. The molecule has 0 bridgehead atoms. The normalized spacial score (nSPS) is 17.9. The number of anilines is 1. The zero-order chi connectivity index (χ0) is 21.2. The number of amides is 1. The molecule has 2 aromatic rings. The predicted octanol–water partition coefficient (Wildman–Crippen LogP) is 4.67. The summed E-state index contributed by atoms with van der Waals surface area (Å²) in [6.45, 7) is 6.59. The fourth-order valence-electron chi connectivity index (χ4n) is 3.73. The summed E-state index contributed by atoms with van der Waals surface area (Å²) in [6.07, 6.45) is 2.15. The lowest BCUT2D eigenvalue weighted by Gasteiger charge is -2.31. The van der Waals surface area contributed by atoms with Crippen molar-refractivity contribution in [2.24, 2.45) is 5.92 Å². The molecule has 1 fully saturated rings. The second-order valence-electron chi connectivity index (χ2n) is 7.61. The summed E-state index contributed by atoms with van der Waals surface area (Å²) in [5, 5.41) is 3.06. The van der Waals surface area contributed by atoms with Gasteiger partial charge < -0.3 is 5.32 Å². The van der Waals surface area contributed by atoms with Gasteiger partial charge in [0, 0.05) is 23.2 Å². The van der Waals surface area contributed by atoms with Gasteiger partial charge in [-0.25, -0.2) is 8.42 Å². The molecule has 0 spiro atoms. The van der Waals surface area contributed by atoms with Crippen LogP contribution in [0, 0.1) is 19.8 Å². The van der Waals surface area contributed by atoms with E-state index in [0.717, 1.165) is 33.3 Å². The molecular weight excluding hydrogens is 452 g/mol. The summed E-state index contributed by atoms with van der Waals surface area (Å²) in [4.78, 5) is 13.3. The smallest absolute Gasteiger partial charge is 0.243 e. The highest BCUT2D eigenvalue weighted by molar-refractivity contribution is 9.10. The van der Waals surface area contributed by atoms with Crippen molar-refractivity contribution in [3.05, 3.63) is 57.6 Å². The van der Waals surface area contributed by atoms with Gasteiger partial charge in [-0.3, -0.25) is 4.79 Å². The maximum atomic E-state index is 13.0. The van der Waals surface area contributed by atoms with E-state index in [1.54, 1.807) is 24.3 Å². The summed E-state index contributed by atoms with van der Waals surface area (Å²) in [5.41, 5.74) is 3.89. The highest BCUT2D eigenvalue weighted by atomic mass is 79.9. The number of piperidine rings is 1. The molecule has 1 amide bonds. The molecule has 1 heterocycles. The zero-order valence-electron chi connectivity index (χ0n) is 17.0. The number of halogens is 1. The van der Waals surface area contributed by atoms with Crippen LogP contribution in [-0.2, 0) is 21.2 Å². The van der Waals surface area contributed by atoms with E-state index < -0.39 is 10.0 Å². The number of carbonyl (C=O) groups excluding carboxylic acids is 1. The summed E-state index contributed by atoms with van der Waals surface area (Å²) in [6, 6.07) is 10.8. The van der Waals surface area contributed by atoms with Gasteiger partial charge in [0.1, 0.15) is 0 Å². The van der Waals surface area contributed by atoms with Gasteiger partial charge in [0.2, 0.25) is 15.9 Å². The molecule has 1 N–H and O–H groups in total. The van der Waals surface area contributed by atoms with Crippen LogP contribution in [0.5, 0.6) is 0 Å². The molecule has 29 heavy (non-hydrogen) atoms. The van der Waals surface area contributed by atoms with Crippen LogP contribution in [0.25, 0.3) is 0 Å². The van der Waals surface area contributed by atoms with Crippen LogP contribution < -0.4 is 5.32 Å². The lowest BCUT2D eigenvalue weighted by Crippen LogP contribution is -2.43. The predicted molar refractivity (Wildman–Crippen MR) is 120 cm³/mol. The Morgan fingerprint density at radius 3 is 2.55 bits per heavy atom. The number of hydrogen-bond donors (Lipinski definition) is 1. The van der Waals surface area contributed by atoms with Gasteiger partial charge in [0.25, 0.3) is 0 Å². The highest BCUT2D eigenvalue weighted by Crippen LogP contribution is 2.29. The summed E-state index contributed by atoms with van der Waals surface area (Å²) in [5.74, 6) is -0.481. The van der Waals surface area contributed by atoms with Crippen molar-refractivity contribution in [3.63, 3.8) is 0 Å². The second kappa shape index (κ2) is 8.98. The van der Waals surface area contributed by atoms with Crippen LogP contribution in [0.2, 0.25) is 0 Å². The second-order valence-corrected chi connectivity index (χ2v) is 10.5. The third-order valence-corrected chi connectivity index (χ3v) is 7.76. The van der Waals surface area contributed by atoms with Crippen LogP contribution in [0.1, 0.15) is 36.5 Å². The Morgan fingerprint density at radius 2 is 1.90 bits per heavy atom. The molecule has 0 aromatic heterocycles. The quantitative estimate of drug-likeness (QED) is 0.678. The molecule has 0 aliphatic carbocycles. The third-order valence-electron chi connectivity index (χ3n) is 5.42. The molecule has 1 aliphatic rings. The Bertz CT molecular complexity index is 1000. The fraction of sp³-hybridized carbons (Fsp3) is 0.409. The molecule has 5 nitrogen and oxygen atoms in total. The number of nitrogens with zero attached hydrogens (tertiary/aromatic N) is 1. The van der Waals surface area contributed by atoms with E-state index in [1.807, 2.05) is 32.9 Å². The number of aryl methyl sites for hydroxylation is 3. The molecule has 156 valence electrons. The van der Waals surface area contributed by atoms with E-state index in [-0.39, 0.29) is 23.3 Å². The lowest BCUT2D eigenvalue weighted by molar-refractivity contribution is -0.120. The first-order chi connectivity index (χ1) is 13.7. The number of sulfonamides is 1. The highest BCUT2D eigenvalue weighted by Gasteiger charge is 2.33. The zero-order valence-corrected chi connectivity index (χ0v) is 19.4. The van der Waals surface area contributed by atoms with Crippen LogP contribution in [0.4, 0.5) is 5.69 Å². The van der Waals surface area contributed by atoms with Crippen LogP contribution in [-0.4, -0.2) is 31.7 Å². The Kier molecular flexibility index (Phi) is 6.81. The van der Waals surface area contributed by atoms with Crippen LogP contribution >= 0.6 is 15.9 Å². The van der Waals surface area contributed by atoms with Crippen LogP contribution in [0.15, 0.2) is 45.8 Å². The van der Waals surface area contributed by atoms with Crippen molar-refractivity contribution >= 4 is 37.5 Å². The molecule has 0 radical (unpaired) electrons. The number of hydrogen-bond acceptors (Lipinski definition) is 3. The maximum absolute atomic E-state index is 13.0. The Labute approximate surface area is 181 Å². The molecule has 2 aromatic carbocycles. The number of rotatable bonds is 5. The van der Waals surface area contributed by atoms with E-state index >= 15 is 0 Å². The van der Waals surface area contributed by atoms with E-state index in [9.17, 15) is 13.2 Å².